The van der Waals surface area contributed by atoms with Crippen molar-refractivity contribution in [2.75, 3.05) is 11.8 Å². The molecule has 0 bridgehead atoms. The van der Waals surface area contributed by atoms with Gasteiger partial charge in [-0.1, -0.05) is 30.3 Å². The van der Waals surface area contributed by atoms with Gasteiger partial charge in [-0.3, -0.25) is 4.72 Å². The molecule has 0 heterocycles. The van der Waals surface area contributed by atoms with Crippen LogP contribution in [0.15, 0.2) is 77.7 Å². The van der Waals surface area contributed by atoms with Crippen LogP contribution < -0.4 is 9.46 Å². The number of ether oxygens (including phenoxy) is 1. The quantitative estimate of drug-likeness (QED) is 0.585. The average molecular weight is 411 g/mol. The molecule has 0 spiro atoms. The summed E-state index contributed by atoms with van der Waals surface area (Å²) in [6, 6.07) is 20.2. The summed E-state index contributed by atoms with van der Waals surface area (Å²) in [5.74, 6) is -0.477. The zero-order chi connectivity index (χ0) is 20.9. The number of hydrogen-bond acceptors (Lipinski definition) is 4. The molecule has 0 unspecified atom stereocenters. The van der Waals surface area contributed by atoms with Crippen LogP contribution in [0.25, 0.3) is 0 Å². The molecule has 0 fully saturated rings. The minimum absolute atomic E-state index is 0.124. The lowest BCUT2D eigenvalue weighted by Gasteiger charge is -2.10. The second kappa shape index (κ2) is 8.79. The summed E-state index contributed by atoms with van der Waals surface area (Å²) in [5.41, 5.74) is 2.69. The van der Waals surface area contributed by atoms with Gasteiger partial charge in [-0.25, -0.2) is 13.2 Å². The maximum absolute atomic E-state index is 12.5. The highest BCUT2D eigenvalue weighted by Gasteiger charge is 2.15. The van der Waals surface area contributed by atoms with Crippen LogP contribution >= 0.6 is 0 Å². The highest BCUT2D eigenvalue weighted by molar-refractivity contribution is 7.92. The predicted octanol–water partition coefficient (Wildman–Crippen LogP) is 3.98. The first-order chi connectivity index (χ1) is 13.9. The summed E-state index contributed by atoms with van der Waals surface area (Å²) in [4.78, 5) is 11.2. The highest BCUT2D eigenvalue weighted by atomic mass is 32.2. The summed E-state index contributed by atoms with van der Waals surface area (Å²) in [5, 5.41) is 9.07. The Morgan fingerprint density at radius 1 is 0.931 bits per heavy atom. The normalized spacial score (nSPS) is 11.1. The van der Waals surface area contributed by atoms with E-state index in [-0.39, 0.29) is 10.5 Å². The van der Waals surface area contributed by atoms with Gasteiger partial charge >= 0.3 is 5.97 Å². The zero-order valence-electron chi connectivity index (χ0n) is 15.8. The van der Waals surface area contributed by atoms with Gasteiger partial charge < -0.3 is 9.84 Å². The molecule has 0 aromatic heterocycles. The van der Waals surface area contributed by atoms with Crippen molar-refractivity contribution in [1.82, 2.24) is 0 Å². The smallest absolute Gasteiger partial charge is 0.335 e. The topological polar surface area (TPSA) is 92.7 Å². The maximum Gasteiger partial charge on any atom is 0.335 e. The Hall–Kier alpha value is -3.32. The number of carboxylic acid groups (broad SMARTS) is 1. The van der Waals surface area contributed by atoms with Crippen molar-refractivity contribution < 1.29 is 23.1 Å². The molecule has 0 radical (unpaired) electrons. The number of anilines is 1. The van der Waals surface area contributed by atoms with Crippen molar-refractivity contribution in [2.24, 2.45) is 0 Å². The van der Waals surface area contributed by atoms with Gasteiger partial charge in [0.25, 0.3) is 10.0 Å². The van der Waals surface area contributed by atoms with Crippen molar-refractivity contribution in [1.29, 1.82) is 0 Å². The van der Waals surface area contributed by atoms with E-state index in [0.717, 1.165) is 11.1 Å². The molecule has 3 rings (SSSR count). The first kappa shape index (κ1) is 20.4. The lowest BCUT2D eigenvalue weighted by molar-refractivity contribution is 0.0696. The molecule has 0 amide bonds. The fourth-order valence-electron chi connectivity index (χ4n) is 2.87. The molecule has 150 valence electrons. The average Bonchev–Trinajstić information content (AvgIpc) is 2.73. The first-order valence-electron chi connectivity index (χ1n) is 8.95. The van der Waals surface area contributed by atoms with Gasteiger partial charge in [0, 0.05) is 11.8 Å². The van der Waals surface area contributed by atoms with E-state index in [4.69, 9.17) is 9.84 Å². The summed E-state index contributed by atoms with van der Waals surface area (Å²) >= 11 is 0. The number of carboxylic acids is 1. The van der Waals surface area contributed by atoms with E-state index in [0.29, 0.717) is 24.3 Å². The molecular weight excluding hydrogens is 390 g/mol. The number of carbonyl (C=O) groups is 1. The van der Waals surface area contributed by atoms with Crippen LogP contribution in [0.3, 0.4) is 0 Å². The molecule has 0 saturated heterocycles. The minimum atomic E-state index is -3.71. The fourth-order valence-corrected chi connectivity index (χ4v) is 3.96. The molecule has 2 N–H and O–H groups in total. The Kier molecular flexibility index (Phi) is 6.19. The van der Waals surface area contributed by atoms with Crippen LogP contribution in [0, 0.1) is 0 Å². The molecule has 29 heavy (non-hydrogen) atoms. The van der Waals surface area contributed by atoms with E-state index in [1.165, 1.54) is 19.2 Å². The van der Waals surface area contributed by atoms with Crippen LogP contribution in [0.2, 0.25) is 0 Å². The number of aryl methyl sites for hydroxylation is 2. The van der Waals surface area contributed by atoms with Crippen LogP contribution in [-0.2, 0) is 22.9 Å². The van der Waals surface area contributed by atoms with E-state index < -0.39 is 16.0 Å². The van der Waals surface area contributed by atoms with Gasteiger partial charge in [0.2, 0.25) is 0 Å². The number of benzene rings is 3. The van der Waals surface area contributed by atoms with Gasteiger partial charge in [0.05, 0.1) is 17.6 Å². The molecule has 0 aliphatic rings. The van der Waals surface area contributed by atoms with Gasteiger partial charge in [-0.05, 0) is 60.4 Å². The number of methoxy groups -OCH3 is 1. The van der Waals surface area contributed by atoms with Crippen molar-refractivity contribution in [3.8, 4) is 5.75 Å². The number of rotatable bonds is 8. The third-order valence-corrected chi connectivity index (χ3v) is 5.81. The number of nitrogens with one attached hydrogen (secondary N) is 1. The Balaban J connectivity index is 1.65. The third kappa shape index (κ3) is 5.36. The van der Waals surface area contributed by atoms with E-state index in [1.807, 2.05) is 18.2 Å². The SMILES string of the molecule is COc1cccc(S(=O)(=O)Nc2ccc(CCc3cccc(C(=O)O)c3)cc2)c1. The van der Waals surface area contributed by atoms with Gasteiger partial charge in [0.1, 0.15) is 5.75 Å². The van der Waals surface area contributed by atoms with Crippen LogP contribution in [0.1, 0.15) is 21.5 Å². The Labute approximate surface area is 169 Å². The van der Waals surface area contributed by atoms with E-state index in [2.05, 4.69) is 4.72 Å². The second-order valence-electron chi connectivity index (χ2n) is 6.49. The molecule has 0 atom stereocenters. The number of sulfonamides is 1. The van der Waals surface area contributed by atoms with Crippen LogP contribution in [-0.4, -0.2) is 26.6 Å². The molecule has 3 aromatic rings. The predicted molar refractivity (Wildman–Crippen MR) is 111 cm³/mol. The lowest BCUT2D eigenvalue weighted by atomic mass is 10.0. The molecule has 3 aromatic carbocycles. The van der Waals surface area contributed by atoms with E-state index >= 15 is 0 Å². The summed E-state index contributed by atoms with van der Waals surface area (Å²) in [6.07, 6.45) is 1.40. The number of aromatic carboxylic acids is 1. The molecule has 6 nitrogen and oxygen atoms in total. The van der Waals surface area contributed by atoms with Crippen molar-refractivity contribution in [2.45, 2.75) is 17.7 Å². The number of hydrogen-bond donors (Lipinski definition) is 2. The summed E-state index contributed by atoms with van der Waals surface area (Å²) in [7, 11) is -2.23. The largest absolute Gasteiger partial charge is 0.497 e. The molecule has 0 aliphatic heterocycles. The molecular formula is C22H21NO5S. The fraction of sp³-hybridized carbons (Fsp3) is 0.136. The Morgan fingerprint density at radius 2 is 1.62 bits per heavy atom. The third-order valence-electron chi connectivity index (χ3n) is 4.43. The highest BCUT2D eigenvalue weighted by Crippen LogP contribution is 2.21. The zero-order valence-corrected chi connectivity index (χ0v) is 16.6. The first-order valence-corrected chi connectivity index (χ1v) is 10.4. The lowest BCUT2D eigenvalue weighted by Crippen LogP contribution is -2.13. The van der Waals surface area contributed by atoms with Gasteiger partial charge in [-0.15, -0.1) is 0 Å². The van der Waals surface area contributed by atoms with Crippen molar-refractivity contribution >= 4 is 21.7 Å². The Bertz CT molecular complexity index is 1110. The van der Waals surface area contributed by atoms with Gasteiger partial charge in [0.15, 0.2) is 0 Å². The Morgan fingerprint density at radius 3 is 2.31 bits per heavy atom. The van der Waals surface area contributed by atoms with E-state index in [9.17, 15) is 13.2 Å². The summed E-state index contributed by atoms with van der Waals surface area (Å²) < 4.78 is 32.7. The monoisotopic (exact) mass is 411 g/mol. The van der Waals surface area contributed by atoms with Crippen LogP contribution in [0.4, 0.5) is 5.69 Å². The van der Waals surface area contributed by atoms with Gasteiger partial charge in [-0.2, -0.15) is 0 Å². The summed E-state index contributed by atoms with van der Waals surface area (Å²) in [6.45, 7) is 0. The van der Waals surface area contributed by atoms with Crippen molar-refractivity contribution in [3.05, 3.63) is 89.5 Å². The molecule has 0 saturated carbocycles. The standard InChI is InChI=1S/C22H21NO5S/c1-28-20-6-3-7-21(15-20)29(26,27)23-19-12-10-16(11-13-19)8-9-17-4-2-5-18(14-17)22(24)25/h2-7,10-15,23H,8-9H2,1H3,(H,24,25). The molecule has 7 heteroatoms. The minimum Gasteiger partial charge on any atom is -0.497 e. The molecule has 0 aliphatic carbocycles. The van der Waals surface area contributed by atoms with E-state index in [1.54, 1.807) is 42.5 Å². The van der Waals surface area contributed by atoms with Crippen LogP contribution in [0.5, 0.6) is 5.75 Å². The second-order valence-corrected chi connectivity index (χ2v) is 8.17. The van der Waals surface area contributed by atoms with Crippen molar-refractivity contribution in [3.63, 3.8) is 0 Å². The maximum atomic E-state index is 12.5.